The fraction of sp³-hybridized carbons (Fsp3) is 0.231. The van der Waals surface area contributed by atoms with Gasteiger partial charge >= 0.3 is 0 Å². The standard InChI is InChI=1S/C13H12N6S/c1-3-9(8-14-5-1)10-7-11(12-4-2-6-20-12)19-13(15-10)16-17-18-19/h1-6,8,10-11H,7H2,(H,15,16,18)/t10-,11-/m0/s1. The van der Waals surface area contributed by atoms with Crippen LogP contribution in [0.25, 0.3) is 0 Å². The van der Waals surface area contributed by atoms with Gasteiger partial charge < -0.3 is 5.32 Å². The highest BCUT2D eigenvalue weighted by Gasteiger charge is 2.31. The molecule has 4 heterocycles. The van der Waals surface area contributed by atoms with Crippen molar-refractivity contribution in [2.24, 2.45) is 0 Å². The second kappa shape index (κ2) is 4.68. The number of nitrogens with zero attached hydrogens (tertiary/aromatic N) is 5. The van der Waals surface area contributed by atoms with Crippen molar-refractivity contribution in [3.8, 4) is 0 Å². The van der Waals surface area contributed by atoms with Crippen molar-refractivity contribution in [1.29, 1.82) is 0 Å². The van der Waals surface area contributed by atoms with Gasteiger partial charge in [0.15, 0.2) is 0 Å². The topological polar surface area (TPSA) is 68.5 Å². The molecule has 1 aliphatic heterocycles. The van der Waals surface area contributed by atoms with Gasteiger partial charge in [-0.15, -0.1) is 11.3 Å². The maximum atomic E-state index is 4.20. The fourth-order valence-corrected chi connectivity index (χ4v) is 3.38. The molecule has 3 aromatic rings. The quantitative estimate of drug-likeness (QED) is 0.782. The summed E-state index contributed by atoms with van der Waals surface area (Å²) in [6.45, 7) is 0. The SMILES string of the molecule is c1cncc([C@@H]2C[C@@H](c3cccs3)n3nnnc3N2)c1. The Kier molecular flexibility index (Phi) is 2.70. The van der Waals surface area contributed by atoms with Crippen LogP contribution in [0, 0.1) is 0 Å². The molecule has 4 rings (SSSR count). The predicted octanol–water partition coefficient (Wildman–Crippen LogP) is 2.28. The average Bonchev–Trinajstić information content (AvgIpc) is 3.18. The molecule has 1 aliphatic rings. The van der Waals surface area contributed by atoms with Crippen LogP contribution in [0.4, 0.5) is 5.95 Å². The fourth-order valence-electron chi connectivity index (χ4n) is 2.56. The zero-order valence-electron chi connectivity index (χ0n) is 10.5. The van der Waals surface area contributed by atoms with Gasteiger partial charge in [0.2, 0.25) is 5.95 Å². The Morgan fingerprint density at radius 2 is 2.30 bits per heavy atom. The number of aromatic nitrogens is 5. The Morgan fingerprint density at radius 3 is 3.10 bits per heavy atom. The first-order chi connectivity index (χ1) is 9.92. The van der Waals surface area contributed by atoms with E-state index in [2.05, 4.69) is 49.4 Å². The van der Waals surface area contributed by atoms with Crippen LogP contribution in [0.2, 0.25) is 0 Å². The third-order valence-electron chi connectivity index (χ3n) is 3.51. The van der Waals surface area contributed by atoms with Gasteiger partial charge in [0.1, 0.15) is 0 Å². The summed E-state index contributed by atoms with van der Waals surface area (Å²) < 4.78 is 1.86. The van der Waals surface area contributed by atoms with Crippen LogP contribution in [0.5, 0.6) is 0 Å². The Labute approximate surface area is 119 Å². The molecule has 100 valence electrons. The number of nitrogens with one attached hydrogen (secondary N) is 1. The highest BCUT2D eigenvalue weighted by Crippen LogP contribution is 2.38. The first kappa shape index (κ1) is 11.5. The number of hydrogen-bond acceptors (Lipinski definition) is 6. The molecule has 0 radical (unpaired) electrons. The van der Waals surface area contributed by atoms with Crippen molar-refractivity contribution < 1.29 is 0 Å². The molecule has 0 amide bonds. The molecule has 2 atom stereocenters. The van der Waals surface area contributed by atoms with E-state index >= 15 is 0 Å². The number of tetrazole rings is 1. The molecule has 0 saturated heterocycles. The molecule has 3 aromatic heterocycles. The number of fused-ring (bicyclic) bond motifs is 1. The number of pyridine rings is 1. The molecule has 7 heteroatoms. The average molecular weight is 284 g/mol. The third kappa shape index (κ3) is 1.87. The van der Waals surface area contributed by atoms with E-state index in [0.717, 1.165) is 12.0 Å². The molecule has 0 unspecified atom stereocenters. The van der Waals surface area contributed by atoms with Crippen LogP contribution in [0.3, 0.4) is 0 Å². The van der Waals surface area contributed by atoms with Gasteiger partial charge in [-0.1, -0.05) is 17.2 Å². The molecular formula is C13H12N6S. The van der Waals surface area contributed by atoms with Gasteiger partial charge in [-0.2, -0.15) is 0 Å². The third-order valence-corrected chi connectivity index (χ3v) is 4.48. The second-order valence-corrected chi connectivity index (χ2v) is 5.68. The summed E-state index contributed by atoms with van der Waals surface area (Å²) in [5.74, 6) is 0.712. The monoisotopic (exact) mass is 284 g/mol. The summed E-state index contributed by atoms with van der Waals surface area (Å²) in [7, 11) is 0. The Hall–Kier alpha value is -2.28. The van der Waals surface area contributed by atoms with E-state index in [4.69, 9.17) is 0 Å². The number of anilines is 1. The zero-order chi connectivity index (χ0) is 13.4. The molecular weight excluding hydrogens is 272 g/mol. The molecule has 0 aromatic carbocycles. The van der Waals surface area contributed by atoms with Crippen molar-refractivity contribution in [3.05, 3.63) is 52.5 Å². The largest absolute Gasteiger partial charge is 0.346 e. The minimum Gasteiger partial charge on any atom is -0.346 e. The van der Waals surface area contributed by atoms with Gasteiger partial charge in [0, 0.05) is 17.3 Å². The number of rotatable bonds is 2. The minimum absolute atomic E-state index is 0.173. The predicted molar refractivity (Wildman–Crippen MR) is 75.5 cm³/mol. The van der Waals surface area contributed by atoms with Gasteiger partial charge in [-0.05, 0) is 39.9 Å². The first-order valence-corrected chi connectivity index (χ1v) is 7.27. The lowest BCUT2D eigenvalue weighted by Crippen LogP contribution is -2.27. The van der Waals surface area contributed by atoms with Gasteiger partial charge in [-0.25, -0.2) is 4.68 Å². The lowest BCUT2D eigenvalue weighted by atomic mass is 9.98. The van der Waals surface area contributed by atoms with E-state index in [1.165, 1.54) is 4.88 Å². The van der Waals surface area contributed by atoms with Crippen LogP contribution in [0.15, 0.2) is 42.0 Å². The molecule has 0 saturated carbocycles. The summed E-state index contributed by atoms with van der Waals surface area (Å²) >= 11 is 1.73. The van der Waals surface area contributed by atoms with E-state index in [1.807, 2.05) is 16.9 Å². The zero-order valence-corrected chi connectivity index (χ0v) is 11.4. The molecule has 0 bridgehead atoms. The highest BCUT2D eigenvalue weighted by molar-refractivity contribution is 7.10. The maximum absolute atomic E-state index is 4.20. The van der Waals surface area contributed by atoms with E-state index in [9.17, 15) is 0 Å². The Morgan fingerprint density at radius 1 is 1.30 bits per heavy atom. The van der Waals surface area contributed by atoms with Gasteiger partial charge in [0.05, 0.1) is 12.1 Å². The van der Waals surface area contributed by atoms with Crippen molar-refractivity contribution in [3.63, 3.8) is 0 Å². The van der Waals surface area contributed by atoms with Gasteiger partial charge in [-0.3, -0.25) is 4.98 Å². The molecule has 20 heavy (non-hydrogen) atoms. The normalized spacial score (nSPS) is 21.2. The van der Waals surface area contributed by atoms with E-state index < -0.39 is 0 Å². The van der Waals surface area contributed by atoms with Gasteiger partial charge in [0.25, 0.3) is 0 Å². The van der Waals surface area contributed by atoms with E-state index in [0.29, 0.717) is 5.95 Å². The summed E-state index contributed by atoms with van der Waals surface area (Å²) in [6.07, 6.45) is 4.58. The first-order valence-electron chi connectivity index (χ1n) is 6.39. The van der Waals surface area contributed by atoms with Crippen LogP contribution in [-0.4, -0.2) is 25.2 Å². The smallest absolute Gasteiger partial charge is 0.244 e. The molecule has 0 spiro atoms. The lowest BCUT2D eigenvalue weighted by Gasteiger charge is -2.30. The van der Waals surface area contributed by atoms with Crippen molar-refractivity contribution in [1.82, 2.24) is 25.2 Å². The van der Waals surface area contributed by atoms with Crippen LogP contribution in [0.1, 0.15) is 28.9 Å². The minimum atomic E-state index is 0.173. The maximum Gasteiger partial charge on any atom is 0.244 e. The van der Waals surface area contributed by atoms with Crippen LogP contribution < -0.4 is 5.32 Å². The second-order valence-electron chi connectivity index (χ2n) is 4.70. The summed E-state index contributed by atoms with van der Waals surface area (Å²) in [5, 5.41) is 17.4. The molecule has 1 N–H and O–H groups in total. The Bertz CT molecular complexity index is 693. The summed E-state index contributed by atoms with van der Waals surface area (Å²) in [5.41, 5.74) is 1.16. The van der Waals surface area contributed by atoms with Crippen molar-refractivity contribution >= 4 is 17.3 Å². The lowest BCUT2D eigenvalue weighted by molar-refractivity contribution is 0.428. The molecule has 6 nitrogen and oxygen atoms in total. The number of thiophene rings is 1. The number of hydrogen-bond donors (Lipinski definition) is 1. The van der Waals surface area contributed by atoms with Crippen LogP contribution in [-0.2, 0) is 0 Å². The highest BCUT2D eigenvalue weighted by atomic mass is 32.1. The Balaban J connectivity index is 1.74. The van der Waals surface area contributed by atoms with Crippen molar-refractivity contribution in [2.75, 3.05) is 5.32 Å². The van der Waals surface area contributed by atoms with Crippen LogP contribution >= 0.6 is 11.3 Å². The summed E-state index contributed by atoms with van der Waals surface area (Å²) in [6, 6.07) is 8.57. The van der Waals surface area contributed by atoms with E-state index in [-0.39, 0.29) is 12.1 Å². The molecule has 0 fully saturated rings. The molecule has 0 aliphatic carbocycles. The summed E-state index contributed by atoms with van der Waals surface area (Å²) in [4.78, 5) is 5.47. The van der Waals surface area contributed by atoms with E-state index in [1.54, 1.807) is 17.5 Å². The van der Waals surface area contributed by atoms with Crippen molar-refractivity contribution in [2.45, 2.75) is 18.5 Å².